The quantitative estimate of drug-likeness (QED) is 0.666. The molecule has 1 aromatic heterocycles. The molecule has 2 fully saturated rings. The lowest BCUT2D eigenvalue weighted by molar-refractivity contribution is -0.0979. The Morgan fingerprint density at radius 3 is 2.67 bits per heavy atom. The highest BCUT2D eigenvalue weighted by atomic mass is 16.1. The molecular weight excluding hydrogens is 336 g/mol. The second kappa shape index (κ2) is 11.3. The van der Waals surface area contributed by atoms with Crippen molar-refractivity contribution in [3.63, 3.8) is 0 Å². The normalized spacial score (nSPS) is 26.0. The first-order chi connectivity index (χ1) is 13.2. The van der Waals surface area contributed by atoms with Crippen LogP contribution in [0.15, 0.2) is 55.4 Å². The van der Waals surface area contributed by atoms with Gasteiger partial charge in [0.2, 0.25) is 0 Å². The molecule has 5 nitrogen and oxygen atoms in total. The molecule has 0 spiro atoms. The van der Waals surface area contributed by atoms with E-state index in [1.54, 1.807) is 6.20 Å². The fraction of sp³-hybridized carbons (Fsp3) is 0.455. The Bertz CT molecular complexity index is 628. The number of nitrogens with zero attached hydrogens (tertiary/aromatic N) is 1. The van der Waals surface area contributed by atoms with E-state index >= 15 is 0 Å². The molecule has 5 heteroatoms. The molecule has 0 aliphatic heterocycles. The number of nitrogens with two attached hydrogens (primary N) is 2. The molecule has 3 rings (SSSR count). The highest BCUT2D eigenvalue weighted by Crippen LogP contribution is 2.56. The van der Waals surface area contributed by atoms with E-state index in [2.05, 4.69) is 34.8 Å². The second-order valence-corrected chi connectivity index (χ2v) is 7.15. The lowest BCUT2D eigenvalue weighted by atomic mass is 9.71. The van der Waals surface area contributed by atoms with Gasteiger partial charge in [-0.2, -0.15) is 0 Å². The Morgan fingerprint density at radius 1 is 1.22 bits per heavy atom. The first-order valence-electron chi connectivity index (χ1n) is 9.46. The van der Waals surface area contributed by atoms with E-state index < -0.39 is 0 Å². The van der Waals surface area contributed by atoms with Crippen molar-refractivity contribution in [2.75, 3.05) is 7.05 Å². The fourth-order valence-corrected chi connectivity index (χ4v) is 4.46. The number of hydrogen-bond donors (Lipinski definition) is 3. The average molecular weight is 371 g/mol. The predicted molar refractivity (Wildman–Crippen MR) is 114 cm³/mol. The Kier molecular flexibility index (Phi) is 9.51. The first-order valence-corrected chi connectivity index (χ1v) is 9.46. The third kappa shape index (κ3) is 6.07. The summed E-state index contributed by atoms with van der Waals surface area (Å²) in [5.41, 5.74) is 12.5. The van der Waals surface area contributed by atoms with E-state index in [1.807, 2.05) is 37.3 Å². The third-order valence-electron chi connectivity index (χ3n) is 5.51. The molecule has 1 heterocycles. The van der Waals surface area contributed by atoms with Crippen LogP contribution in [0.5, 0.6) is 0 Å². The number of carbonyl (C=O) groups is 1. The number of nitrogens with one attached hydrogen (secondary N) is 1. The predicted octanol–water partition coefficient (Wildman–Crippen LogP) is 3.54. The Balaban J connectivity index is 0.000000855. The van der Waals surface area contributed by atoms with Crippen LogP contribution in [-0.4, -0.2) is 24.4 Å². The van der Waals surface area contributed by atoms with Crippen LogP contribution in [0.1, 0.15) is 50.6 Å². The van der Waals surface area contributed by atoms with Gasteiger partial charge in [-0.3, -0.25) is 4.98 Å². The zero-order chi connectivity index (χ0) is 20.2. The van der Waals surface area contributed by atoms with Crippen molar-refractivity contribution in [2.45, 2.75) is 50.5 Å². The number of pyridine rings is 1. The van der Waals surface area contributed by atoms with Crippen molar-refractivity contribution in [1.82, 2.24) is 10.3 Å². The molecule has 2 saturated carbocycles. The van der Waals surface area contributed by atoms with E-state index in [4.69, 9.17) is 10.5 Å². The van der Waals surface area contributed by atoms with Crippen LogP contribution in [0.3, 0.4) is 0 Å². The Morgan fingerprint density at radius 2 is 2.00 bits per heavy atom. The number of allylic oxidation sites excluding steroid dienone is 3. The zero-order valence-corrected chi connectivity index (χ0v) is 16.5. The highest BCUT2D eigenvalue weighted by molar-refractivity contribution is 5.58. The van der Waals surface area contributed by atoms with Crippen molar-refractivity contribution < 1.29 is 4.79 Å². The second-order valence-electron chi connectivity index (χ2n) is 7.15. The van der Waals surface area contributed by atoms with Crippen molar-refractivity contribution in [2.24, 2.45) is 16.9 Å². The molecule has 148 valence electrons. The molecule has 0 amide bonds. The van der Waals surface area contributed by atoms with Crippen LogP contribution in [0, 0.1) is 5.41 Å². The van der Waals surface area contributed by atoms with Gasteiger partial charge in [-0.15, -0.1) is 0 Å². The molecule has 2 atom stereocenters. The molecule has 0 radical (unpaired) electrons. The largest absolute Gasteiger partial charge is 0.405 e. The van der Waals surface area contributed by atoms with Crippen LogP contribution in [0.4, 0.5) is 0 Å². The minimum Gasteiger partial charge on any atom is -0.405 e. The molecule has 2 unspecified atom stereocenters. The van der Waals surface area contributed by atoms with E-state index in [9.17, 15) is 0 Å². The molecule has 27 heavy (non-hydrogen) atoms. The molecule has 5 N–H and O–H groups in total. The summed E-state index contributed by atoms with van der Waals surface area (Å²) in [6.45, 7) is 6.23. The summed E-state index contributed by atoms with van der Waals surface area (Å²) < 4.78 is 0. The number of rotatable bonds is 6. The van der Waals surface area contributed by atoms with Crippen LogP contribution < -0.4 is 16.8 Å². The first kappa shape index (κ1) is 22.6. The molecule has 2 bridgehead atoms. The maximum atomic E-state index is 8.00. The van der Waals surface area contributed by atoms with E-state index in [-0.39, 0.29) is 5.54 Å². The minimum atomic E-state index is 0.213. The van der Waals surface area contributed by atoms with Gasteiger partial charge in [0.15, 0.2) is 0 Å². The lowest BCUT2D eigenvalue weighted by Crippen LogP contribution is -2.45. The molecule has 0 aromatic carbocycles. The van der Waals surface area contributed by atoms with Gasteiger partial charge in [0, 0.05) is 11.7 Å². The van der Waals surface area contributed by atoms with Gasteiger partial charge in [-0.25, -0.2) is 0 Å². The molecular formula is C22H34N4O. The number of aromatic nitrogens is 1. The molecule has 2 aliphatic rings. The Labute approximate surface area is 163 Å². The van der Waals surface area contributed by atoms with Crippen LogP contribution >= 0.6 is 0 Å². The van der Waals surface area contributed by atoms with Crippen molar-refractivity contribution >= 4 is 12.5 Å². The SMILES string of the molecule is C=C(NC12CCCC(C/C=C\C=C/N)(CC1)C2)c1ccccn1.C=O.CN. The standard InChI is InChI=1S/C20H27N3.CH5N.CH2O/c1-17(18-8-3-6-15-22-18)23-20-11-7-10-19(16-20,12-13-20)9-4-2-5-14-21;2*1-2/h2-6,8,14-15,23H,1,7,9-13,16,21H2;2H2,1H3;1H2/b4-2-,14-5-;;. The van der Waals surface area contributed by atoms with E-state index in [0.717, 1.165) is 17.8 Å². The monoisotopic (exact) mass is 370 g/mol. The Hall–Kier alpha value is -2.40. The number of fused-ring (bicyclic) bond motifs is 2. The van der Waals surface area contributed by atoms with Gasteiger partial charge in [0.1, 0.15) is 6.79 Å². The third-order valence-corrected chi connectivity index (χ3v) is 5.51. The molecule has 2 aliphatic carbocycles. The van der Waals surface area contributed by atoms with E-state index in [0.29, 0.717) is 5.41 Å². The summed E-state index contributed by atoms with van der Waals surface area (Å²) in [6, 6.07) is 5.99. The number of hydrogen-bond acceptors (Lipinski definition) is 5. The van der Waals surface area contributed by atoms with Crippen LogP contribution in [-0.2, 0) is 4.79 Å². The van der Waals surface area contributed by atoms with Crippen LogP contribution in [0.25, 0.3) is 5.70 Å². The topological polar surface area (TPSA) is 94.0 Å². The van der Waals surface area contributed by atoms with Gasteiger partial charge in [-0.05, 0) is 75.4 Å². The fourth-order valence-electron chi connectivity index (χ4n) is 4.46. The summed E-state index contributed by atoms with van der Waals surface area (Å²) in [5, 5.41) is 3.75. The van der Waals surface area contributed by atoms with E-state index in [1.165, 1.54) is 45.6 Å². The summed E-state index contributed by atoms with van der Waals surface area (Å²) in [4.78, 5) is 12.4. The molecule has 0 saturated heterocycles. The van der Waals surface area contributed by atoms with Gasteiger partial charge < -0.3 is 21.6 Å². The molecule has 1 aromatic rings. The summed E-state index contributed by atoms with van der Waals surface area (Å²) in [6.07, 6.45) is 18.5. The van der Waals surface area contributed by atoms with Gasteiger partial charge >= 0.3 is 0 Å². The van der Waals surface area contributed by atoms with Crippen LogP contribution in [0.2, 0.25) is 0 Å². The maximum Gasteiger partial charge on any atom is 0.106 e. The smallest absolute Gasteiger partial charge is 0.106 e. The average Bonchev–Trinajstić information content (AvgIpc) is 2.99. The zero-order valence-electron chi connectivity index (χ0n) is 16.5. The summed E-state index contributed by atoms with van der Waals surface area (Å²) in [7, 11) is 1.50. The van der Waals surface area contributed by atoms with Crippen molar-refractivity contribution in [3.05, 3.63) is 61.1 Å². The lowest BCUT2D eigenvalue weighted by Gasteiger charge is -2.40. The van der Waals surface area contributed by atoms with Crippen molar-refractivity contribution in [1.29, 1.82) is 0 Å². The van der Waals surface area contributed by atoms with Gasteiger partial charge in [0.05, 0.1) is 11.4 Å². The number of carbonyl (C=O) groups excluding carboxylic acids is 1. The summed E-state index contributed by atoms with van der Waals surface area (Å²) >= 11 is 0. The van der Waals surface area contributed by atoms with Crippen molar-refractivity contribution in [3.8, 4) is 0 Å². The minimum absolute atomic E-state index is 0.213. The van der Waals surface area contributed by atoms with Gasteiger partial charge in [0.25, 0.3) is 0 Å². The summed E-state index contributed by atoms with van der Waals surface area (Å²) in [5.74, 6) is 0. The highest BCUT2D eigenvalue weighted by Gasteiger charge is 2.50. The maximum absolute atomic E-state index is 8.00. The van der Waals surface area contributed by atoms with Gasteiger partial charge in [-0.1, -0.05) is 31.2 Å².